The molecule has 0 amide bonds. The molecule has 1 aromatic rings. The van der Waals surface area contributed by atoms with Gasteiger partial charge in [0.15, 0.2) is 0 Å². The number of hydrogen-bond donors (Lipinski definition) is 0. The molecule has 1 fully saturated rings. The molecule has 18 heavy (non-hydrogen) atoms. The molecule has 0 N–H and O–H groups in total. The monoisotopic (exact) mass is 260 g/mol. The molecule has 0 unspecified atom stereocenters. The van der Waals surface area contributed by atoms with E-state index in [0.717, 1.165) is 18.4 Å². The molecule has 0 aliphatic heterocycles. The maximum Gasteiger partial charge on any atom is 0.101 e. The fourth-order valence-electron chi connectivity index (χ4n) is 2.60. The molecule has 2 nitrogen and oxygen atoms in total. The van der Waals surface area contributed by atoms with Gasteiger partial charge in [-0.3, -0.25) is 4.98 Å². The number of halogens is 1. The maximum atomic E-state index is 9.37. The van der Waals surface area contributed by atoms with E-state index in [1.807, 2.05) is 12.1 Å². The second-order valence-electron chi connectivity index (χ2n) is 5.16. The molecule has 1 heterocycles. The minimum Gasteiger partial charge on any atom is -0.264 e. The second kappa shape index (κ2) is 5.54. The van der Waals surface area contributed by atoms with Crippen molar-refractivity contribution in [2.75, 3.05) is 0 Å². The molecule has 0 spiro atoms. The first-order valence-electron chi connectivity index (χ1n) is 6.38. The summed E-state index contributed by atoms with van der Waals surface area (Å²) >= 11 is 6.53. The zero-order valence-corrected chi connectivity index (χ0v) is 11.4. The van der Waals surface area contributed by atoms with Crippen LogP contribution in [0.1, 0.15) is 44.6 Å². The molecule has 1 aromatic heterocycles. The molecule has 0 aromatic carbocycles. The average Bonchev–Trinajstić information content (AvgIpc) is 2.41. The summed E-state index contributed by atoms with van der Waals surface area (Å²) in [4.78, 5) is 4.06. The molecular formula is C15H17ClN2. The van der Waals surface area contributed by atoms with Gasteiger partial charge in [0, 0.05) is 28.4 Å². The van der Waals surface area contributed by atoms with E-state index in [9.17, 15) is 5.26 Å². The Kier molecular flexibility index (Phi) is 4.04. The normalized spacial score (nSPS) is 19.8. The van der Waals surface area contributed by atoms with Crippen LogP contribution in [0.2, 0.25) is 0 Å². The number of nitriles is 1. The lowest BCUT2D eigenvalue weighted by Crippen LogP contribution is -2.21. The van der Waals surface area contributed by atoms with Crippen LogP contribution in [0.4, 0.5) is 0 Å². The van der Waals surface area contributed by atoms with Crippen LogP contribution >= 0.6 is 11.6 Å². The van der Waals surface area contributed by atoms with Crippen LogP contribution in [0.15, 0.2) is 29.6 Å². The molecule has 0 bridgehead atoms. The Morgan fingerprint density at radius 2 is 2.11 bits per heavy atom. The van der Waals surface area contributed by atoms with Gasteiger partial charge in [0.1, 0.15) is 6.07 Å². The summed E-state index contributed by atoms with van der Waals surface area (Å²) in [6.07, 6.45) is 9.20. The highest BCUT2D eigenvalue weighted by atomic mass is 35.5. The summed E-state index contributed by atoms with van der Waals surface area (Å²) in [7, 11) is 0. The third-order valence-electron chi connectivity index (χ3n) is 3.77. The van der Waals surface area contributed by atoms with Crippen molar-refractivity contribution in [1.29, 1.82) is 5.26 Å². The van der Waals surface area contributed by atoms with E-state index >= 15 is 0 Å². The van der Waals surface area contributed by atoms with E-state index in [1.165, 1.54) is 19.3 Å². The smallest absolute Gasteiger partial charge is 0.101 e. The summed E-state index contributed by atoms with van der Waals surface area (Å²) in [5.41, 5.74) is 1.35. The topological polar surface area (TPSA) is 36.7 Å². The highest BCUT2D eigenvalue weighted by molar-refractivity contribution is 6.34. The fraction of sp³-hybridized carbons (Fsp3) is 0.467. The molecule has 3 heteroatoms. The first-order chi connectivity index (χ1) is 8.67. The quantitative estimate of drug-likeness (QED) is 0.733. The summed E-state index contributed by atoms with van der Waals surface area (Å²) in [5.74, 6) is 0. The fourth-order valence-corrected chi connectivity index (χ4v) is 2.94. The van der Waals surface area contributed by atoms with Crippen molar-refractivity contribution in [3.05, 3.63) is 35.1 Å². The van der Waals surface area contributed by atoms with Gasteiger partial charge in [-0.05, 0) is 18.9 Å². The minimum absolute atomic E-state index is 0.0410. The van der Waals surface area contributed by atoms with Crippen molar-refractivity contribution in [1.82, 2.24) is 4.98 Å². The highest BCUT2D eigenvalue weighted by Gasteiger charge is 2.32. The number of nitrogens with zero attached hydrogens (tertiary/aromatic N) is 2. The summed E-state index contributed by atoms with van der Waals surface area (Å²) < 4.78 is 0. The zero-order chi connectivity index (χ0) is 13.0. The Hall–Kier alpha value is -1.33. The van der Waals surface area contributed by atoms with Gasteiger partial charge in [0.2, 0.25) is 0 Å². The van der Waals surface area contributed by atoms with Crippen molar-refractivity contribution in [3.63, 3.8) is 0 Å². The zero-order valence-electron chi connectivity index (χ0n) is 10.6. The Labute approximate surface area is 113 Å². The molecule has 2 rings (SSSR count). The van der Waals surface area contributed by atoms with Gasteiger partial charge in [-0.2, -0.15) is 5.26 Å². The minimum atomic E-state index is -0.0410. The highest BCUT2D eigenvalue weighted by Crippen LogP contribution is 2.46. The standard InChI is InChI=1S/C15H17ClN2/c1-15(7-3-2-4-8-15)14(16)13(10-17)12-6-5-9-18-11-12/h5-6,9,11H,2-4,7-8H2,1H3/b14-13+. The Bertz CT molecular complexity index is 479. The van der Waals surface area contributed by atoms with Crippen molar-refractivity contribution in [3.8, 4) is 6.07 Å². The van der Waals surface area contributed by atoms with E-state index in [4.69, 9.17) is 11.6 Å². The number of hydrogen-bond acceptors (Lipinski definition) is 2. The Morgan fingerprint density at radius 1 is 1.39 bits per heavy atom. The largest absolute Gasteiger partial charge is 0.264 e. The third-order valence-corrected chi connectivity index (χ3v) is 4.41. The van der Waals surface area contributed by atoms with Crippen LogP contribution in [0.3, 0.4) is 0 Å². The van der Waals surface area contributed by atoms with Crippen molar-refractivity contribution in [2.24, 2.45) is 5.41 Å². The Balaban J connectivity index is 2.41. The second-order valence-corrected chi connectivity index (χ2v) is 5.54. The van der Waals surface area contributed by atoms with Gasteiger partial charge < -0.3 is 0 Å². The van der Waals surface area contributed by atoms with Crippen LogP contribution in [0.25, 0.3) is 5.57 Å². The van der Waals surface area contributed by atoms with E-state index in [1.54, 1.807) is 12.4 Å². The number of allylic oxidation sites excluding steroid dienone is 2. The summed E-state index contributed by atoms with van der Waals surface area (Å²) in [6, 6.07) is 5.97. The van der Waals surface area contributed by atoms with Crippen molar-refractivity contribution >= 4 is 17.2 Å². The molecule has 0 radical (unpaired) electrons. The Morgan fingerprint density at radius 3 is 2.67 bits per heavy atom. The maximum absolute atomic E-state index is 9.37. The van der Waals surface area contributed by atoms with Gasteiger partial charge in [-0.25, -0.2) is 0 Å². The number of aromatic nitrogens is 1. The summed E-state index contributed by atoms with van der Waals surface area (Å²) in [5, 5.41) is 10.1. The molecular weight excluding hydrogens is 244 g/mol. The predicted octanol–water partition coefficient (Wildman–Crippen LogP) is 4.53. The SMILES string of the molecule is CC1(/C(Cl)=C(/C#N)c2cccnc2)CCCCC1. The lowest BCUT2D eigenvalue weighted by atomic mass is 9.74. The van der Waals surface area contributed by atoms with Gasteiger partial charge in [-0.1, -0.05) is 43.9 Å². The lowest BCUT2D eigenvalue weighted by molar-refractivity contribution is 0.280. The van der Waals surface area contributed by atoms with Crippen molar-refractivity contribution < 1.29 is 0 Å². The first-order valence-corrected chi connectivity index (χ1v) is 6.76. The van der Waals surface area contributed by atoms with E-state index in [0.29, 0.717) is 10.6 Å². The van der Waals surface area contributed by atoms with E-state index < -0.39 is 0 Å². The molecule has 94 valence electrons. The van der Waals surface area contributed by atoms with Crippen molar-refractivity contribution in [2.45, 2.75) is 39.0 Å². The average molecular weight is 261 g/mol. The van der Waals surface area contributed by atoms with E-state index in [2.05, 4.69) is 18.0 Å². The molecule has 1 saturated carbocycles. The van der Waals surface area contributed by atoms with Crippen LogP contribution < -0.4 is 0 Å². The van der Waals surface area contributed by atoms with Crippen LogP contribution in [0, 0.1) is 16.7 Å². The molecule has 1 aliphatic carbocycles. The molecule has 1 aliphatic rings. The third kappa shape index (κ3) is 2.57. The first kappa shape index (κ1) is 13.1. The molecule has 0 atom stereocenters. The van der Waals surface area contributed by atoms with Gasteiger partial charge >= 0.3 is 0 Å². The van der Waals surface area contributed by atoms with Crippen LogP contribution in [-0.4, -0.2) is 4.98 Å². The van der Waals surface area contributed by atoms with Crippen LogP contribution in [0.5, 0.6) is 0 Å². The number of rotatable bonds is 2. The lowest BCUT2D eigenvalue weighted by Gasteiger charge is -2.33. The van der Waals surface area contributed by atoms with Gasteiger partial charge in [0.05, 0.1) is 5.57 Å². The predicted molar refractivity (Wildman–Crippen MR) is 73.8 cm³/mol. The van der Waals surface area contributed by atoms with Gasteiger partial charge in [0.25, 0.3) is 0 Å². The van der Waals surface area contributed by atoms with Gasteiger partial charge in [-0.15, -0.1) is 0 Å². The van der Waals surface area contributed by atoms with Crippen LogP contribution in [-0.2, 0) is 0 Å². The van der Waals surface area contributed by atoms with E-state index in [-0.39, 0.29) is 5.41 Å². The summed E-state index contributed by atoms with van der Waals surface area (Å²) in [6.45, 7) is 2.17. The number of pyridine rings is 1. The molecule has 0 saturated heterocycles.